The largest absolute Gasteiger partial charge is 0.472 e. The third-order valence-corrected chi connectivity index (χ3v) is 5.47. The van der Waals surface area contributed by atoms with Crippen LogP contribution >= 0.6 is 0 Å². The van der Waals surface area contributed by atoms with Gasteiger partial charge in [-0.1, -0.05) is 6.07 Å². The number of urea groups is 1. The number of hydrogen-bond acceptors (Lipinski definition) is 4. The van der Waals surface area contributed by atoms with Crippen LogP contribution in [0.2, 0.25) is 0 Å². The molecule has 2 amide bonds. The molecular formula is C22H20FN5O2. The first-order valence-corrected chi connectivity index (χ1v) is 9.78. The molecule has 0 spiro atoms. The molecule has 0 bridgehead atoms. The number of aryl methyl sites for hydroxylation is 1. The van der Waals surface area contributed by atoms with Crippen LogP contribution in [-0.2, 0) is 0 Å². The van der Waals surface area contributed by atoms with Crippen LogP contribution in [0.4, 0.5) is 14.9 Å². The SMILES string of the molecule is Cc1ccc(NC(=O)N2CC[C@@H](n3c(-c4ccoc4)nc4cccnc43)C2)cc1F. The zero-order chi connectivity index (χ0) is 20.7. The Balaban J connectivity index is 1.40. The van der Waals surface area contributed by atoms with Crippen molar-refractivity contribution in [3.05, 3.63) is 66.5 Å². The van der Waals surface area contributed by atoms with E-state index in [1.807, 2.05) is 18.2 Å². The van der Waals surface area contributed by atoms with E-state index in [4.69, 9.17) is 9.40 Å². The molecule has 1 aromatic carbocycles. The molecule has 0 aliphatic carbocycles. The number of furan rings is 1. The summed E-state index contributed by atoms with van der Waals surface area (Å²) in [5, 5.41) is 2.79. The van der Waals surface area contributed by atoms with Crippen molar-refractivity contribution in [1.82, 2.24) is 19.4 Å². The van der Waals surface area contributed by atoms with Crippen LogP contribution in [0.15, 0.2) is 59.5 Å². The van der Waals surface area contributed by atoms with E-state index in [2.05, 4.69) is 14.9 Å². The molecule has 1 atom stereocenters. The molecule has 0 saturated carbocycles. The Hall–Kier alpha value is -3.68. The molecule has 0 unspecified atom stereocenters. The van der Waals surface area contributed by atoms with E-state index >= 15 is 0 Å². The van der Waals surface area contributed by atoms with E-state index in [-0.39, 0.29) is 17.9 Å². The average Bonchev–Trinajstić information content (AvgIpc) is 3.49. The third kappa shape index (κ3) is 3.20. The molecule has 30 heavy (non-hydrogen) atoms. The predicted octanol–water partition coefficient (Wildman–Crippen LogP) is 4.62. The topological polar surface area (TPSA) is 76.2 Å². The fraction of sp³-hybridized carbons (Fsp3) is 0.227. The Bertz CT molecular complexity index is 1220. The van der Waals surface area contributed by atoms with E-state index in [0.717, 1.165) is 29.0 Å². The number of carbonyl (C=O) groups is 1. The van der Waals surface area contributed by atoms with Gasteiger partial charge in [0.25, 0.3) is 0 Å². The number of imidazole rings is 1. The molecule has 1 N–H and O–H groups in total. The number of aromatic nitrogens is 3. The zero-order valence-electron chi connectivity index (χ0n) is 16.4. The average molecular weight is 405 g/mol. The summed E-state index contributed by atoms with van der Waals surface area (Å²) < 4.78 is 21.1. The number of rotatable bonds is 3. The number of likely N-dealkylation sites (tertiary alicyclic amines) is 1. The number of amides is 2. The molecule has 8 heteroatoms. The Morgan fingerprint density at radius 3 is 3.00 bits per heavy atom. The number of fused-ring (bicyclic) bond motifs is 1. The van der Waals surface area contributed by atoms with Gasteiger partial charge < -0.3 is 19.2 Å². The second-order valence-corrected chi connectivity index (χ2v) is 7.45. The summed E-state index contributed by atoms with van der Waals surface area (Å²) in [5.41, 5.74) is 3.43. The fourth-order valence-corrected chi connectivity index (χ4v) is 3.88. The van der Waals surface area contributed by atoms with Crippen molar-refractivity contribution >= 4 is 22.9 Å². The molecule has 4 aromatic rings. The number of carbonyl (C=O) groups excluding carboxylic acids is 1. The molecule has 1 saturated heterocycles. The first-order chi connectivity index (χ1) is 14.6. The molecule has 5 rings (SSSR count). The highest BCUT2D eigenvalue weighted by molar-refractivity contribution is 5.89. The van der Waals surface area contributed by atoms with Crippen molar-refractivity contribution in [2.45, 2.75) is 19.4 Å². The monoisotopic (exact) mass is 405 g/mol. The van der Waals surface area contributed by atoms with Gasteiger partial charge in [0.05, 0.1) is 17.9 Å². The van der Waals surface area contributed by atoms with E-state index in [1.165, 1.54) is 6.07 Å². The maximum atomic E-state index is 13.8. The lowest BCUT2D eigenvalue weighted by molar-refractivity contribution is 0.221. The maximum absolute atomic E-state index is 13.8. The number of pyridine rings is 1. The molecule has 7 nitrogen and oxygen atoms in total. The molecule has 0 radical (unpaired) electrons. The second-order valence-electron chi connectivity index (χ2n) is 7.45. The number of nitrogens with one attached hydrogen (secondary N) is 1. The minimum Gasteiger partial charge on any atom is -0.472 e. The van der Waals surface area contributed by atoms with Gasteiger partial charge in [-0.3, -0.25) is 0 Å². The molecule has 1 fully saturated rings. The standard InChI is InChI=1S/C22H20FN5O2/c1-14-4-5-16(11-18(14)23)25-22(29)27-9-6-17(12-27)28-20(15-7-10-30-13-15)26-19-3-2-8-24-21(19)28/h2-5,7-8,10-11,13,17H,6,9,12H2,1H3,(H,25,29)/t17-/m1/s1. The number of hydrogen-bond donors (Lipinski definition) is 1. The Morgan fingerprint density at radius 2 is 2.20 bits per heavy atom. The van der Waals surface area contributed by atoms with Crippen LogP contribution in [0.25, 0.3) is 22.6 Å². The quantitative estimate of drug-likeness (QED) is 0.540. The molecule has 1 aliphatic rings. The smallest absolute Gasteiger partial charge is 0.321 e. The van der Waals surface area contributed by atoms with Gasteiger partial charge in [0.15, 0.2) is 5.65 Å². The van der Waals surface area contributed by atoms with E-state index in [1.54, 1.807) is 42.7 Å². The Kier molecular flexibility index (Phi) is 4.46. The van der Waals surface area contributed by atoms with Crippen molar-refractivity contribution in [2.75, 3.05) is 18.4 Å². The zero-order valence-corrected chi connectivity index (χ0v) is 16.4. The highest BCUT2D eigenvalue weighted by Crippen LogP contribution is 2.32. The summed E-state index contributed by atoms with van der Waals surface area (Å²) >= 11 is 0. The summed E-state index contributed by atoms with van der Waals surface area (Å²) in [7, 11) is 0. The van der Waals surface area contributed by atoms with Gasteiger partial charge in [0.2, 0.25) is 0 Å². The van der Waals surface area contributed by atoms with Crippen LogP contribution in [0, 0.1) is 12.7 Å². The minimum atomic E-state index is -0.340. The highest BCUT2D eigenvalue weighted by atomic mass is 19.1. The van der Waals surface area contributed by atoms with Crippen molar-refractivity contribution in [1.29, 1.82) is 0 Å². The van der Waals surface area contributed by atoms with Crippen LogP contribution in [0.3, 0.4) is 0 Å². The number of halogens is 1. The Labute approximate surface area is 172 Å². The van der Waals surface area contributed by atoms with Gasteiger partial charge in [-0.25, -0.2) is 19.2 Å². The second kappa shape index (κ2) is 7.29. The first-order valence-electron chi connectivity index (χ1n) is 9.78. The number of anilines is 1. The summed E-state index contributed by atoms with van der Waals surface area (Å²) in [6.45, 7) is 2.78. The van der Waals surface area contributed by atoms with Crippen LogP contribution in [0.1, 0.15) is 18.0 Å². The summed E-state index contributed by atoms with van der Waals surface area (Å²) in [4.78, 5) is 23.7. The highest BCUT2D eigenvalue weighted by Gasteiger charge is 2.31. The van der Waals surface area contributed by atoms with Gasteiger partial charge in [0, 0.05) is 25.0 Å². The molecule has 1 aliphatic heterocycles. The normalized spacial score (nSPS) is 16.3. The molecule has 152 valence electrons. The number of nitrogens with zero attached hydrogens (tertiary/aromatic N) is 4. The summed E-state index contributed by atoms with van der Waals surface area (Å²) in [6, 6.07) is 10.1. The van der Waals surface area contributed by atoms with Crippen LogP contribution in [-0.4, -0.2) is 38.6 Å². The van der Waals surface area contributed by atoms with Crippen molar-refractivity contribution in [3.8, 4) is 11.4 Å². The minimum absolute atomic E-state index is 0.0234. The van der Waals surface area contributed by atoms with Gasteiger partial charge >= 0.3 is 6.03 Å². The van der Waals surface area contributed by atoms with E-state index < -0.39 is 0 Å². The van der Waals surface area contributed by atoms with Gasteiger partial charge in [0.1, 0.15) is 23.4 Å². The van der Waals surface area contributed by atoms with Crippen LogP contribution in [0.5, 0.6) is 0 Å². The molecular weight excluding hydrogens is 385 g/mol. The summed E-state index contributed by atoms with van der Waals surface area (Å²) in [6.07, 6.45) is 5.78. The molecule has 3 aromatic heterocycles. The van der Waals surface area contributed by atoms with E-state index in [0.29, 0.717) is 24.3 Å². The van der Waals surface area contributed by atoms with Crippen molar-refractivity contribution in [3.63, 3.8) is 0 Å². The van der Waals surface area contributed by atoms with Crippen LogP contribution < -0.4 is 5.32 Å². The predicted molar refractivity (Wildman–Crippen MR) is 111 cm³/mol. The lowest BCUT2D eigenvalue weighted by Gasteiger charge is -2.19. The fourth-order valence-electron chi connectivity index (χ4n) is 3.88. The van der Waals surface area contributed by atoms with Gasteiger partial charge in [-0.15, -0.1) is 0 Å². The van der Waals surface area contributed by atoms with Crippen molar-refractivity contribution < 1.29 is 13.6 Å². The van der Waals surface area contributed by atoms with Crippen molar-refractivity contribution in [2.24, 2.45) is 0 Å². The summed E-state index contributed by atoms with van der Waals surface area (Å²) in [5.74, 6) is 0.429. The molecule has 4 heterocycles. The third-order valence-electron chi connectivity index (χ3n) is 5.47. The Morgan fingerprint density at radius 1 is 1.30 bits per heavy atom. The lowest BCUT2D eigenvalue weighted by atomic mass is 10.2. The van der Waals surface area contributed by atoms with Gasteiger partial charge in [-0.2, -0.15) is 0 Å². The van der Waals surface area contributed by atoms with Gasteiger partial charge in [-0.05, 0) is 49.2 Å². The van der Waals surface area contributed by atoms with E-state index in [9.17, 15) is 9.18 Å². The maximum Gasteiger partial charge on any atom is 0.321 e. The first kappa shape index (κ1) is 18.4. The lowest BCUT2D eigenvalue weighted by Crippen LogP contribution is -2.33. The number of benzene rings is 1.